The summed E-state index contributed by atoms with van der Waals surface area (Å²) in [5, 5.41) is 0. The van der Waals surface area contributed by atoms with Crippen LogP contribution in [0.4, 0.5) is 0 Å². The Morgan fingerprint density at radius 2 is 2.23 bits per heavy atom. The van der Waals surface area contributed by atoms with Crippen molar-refractivity contribution in [3.05, 3.63) is 17.4 Å². The molecule has 1 amide bonds. The summed E-state index contributed by atoms with van der Waals surface area (Å²) in [6.07, 6.45) is 8.07. The van der Waals surface area contributed by atoms with Crippen LogP contribution in [0.5, 0.6) is 0 Å². The van der Waals surface area contributed by atoms with E-state index in [2.05, 4.69) is 11.8 Å². The van der Waals surface area contributed by atoms with E-state index in [4.69, 9.17) is 5.73 Å². The molecule has 0 bridgehead atoms. The molecule has 0 spiro atoms. The van der Waals surface area contributed by atoms with Crippen LogP contribution in [-0.4, -0.2) is 5.91 Å². The summed E-state index contributed by atoms with van der Waals surface area (Å²) in [6.45, 7) is 0. The second-order valence-electron chi connectivity index (χ2n) is 4.05. The molecule has 1 unspecified atom stereocenters. The number of hydrogen-bond acceptors (Lipinski definition) is 1. The van der Waals surface area contributed by atoms with E-state index < -0.39 is 0 Å². The van der Waals surface area contributed by atoms with Crippen molar-refractivity contribution >= 4 is 5.91 Å². The second-order valence-corrected chi connectivity index (χ2v) is 4.05. The van der Waals surface area contributed by atoms with Gasteiger partial charge in [0.1, 0.15) is 0 Å². The minimum Gasteiger partial charge on any atom is -0.365 e. The third kappa shape index (κ3) is 1.68. The molecule has 0 heterocycles. The Labute approximate surface area is 78.5 Å². The molecular weight excluding hydrogens is 162 g/mol. The van der Waals surface area contributed by atoms with Crippen LogP contribution in [0.15, 0.2) is 17.4 Å². The number of carbonyl (C=O) groups is 1. The van der Waals surface area contributed by atoms with E-state index in [1.165, 1.54) is 19.3 Å². The van der Waals surface area contributed by atoms with Gasteiger partial charge >= 0.3 is 0 Å². The van der Waals surface area contributed by atoms with E-state index in [9.17, 15) is 4.79 Å². The fraction of sp³-hybridized carbons (Fsp3) is 0.636. The number of primary amides is 1. The van der Waals surface area contributed by atoms with Gasteiger partial charge in [-0.05, 0) is 43.6 Å². The monoisotopic (exact) mass is 177 g/mol. The lowest BCUT2D eigenvalue weighted by Gasteiger charge is -2.32. The van der Waals surface area contributed by atoms with E-state index in [1.807, 2.05) is 0 Å². The average molecular weight is 177 g/mol. The van der Waals surface area contributed by atoms with Crippen molar-refractivity contribution in [2.75, 3.05) is 0 Å². The zero-order chi connectivity index (χ0) is 9.26. The molecule has 1 saturated carbocycles. The maximum absolute atomic E-state index is 10.8. The number of amides is 1. The van der Waals surface area contributed by atoms with Gasteiger partial charge in [0.25, 0.3) is 5.91 Å². The summed E-state index contributed by atoms with van der Waals surface area (Å²) in [7, 11) is 0. The Kier molecular flexibility index (Phi) is 2.24. The summed E-state index contributed by atoms with van der Waals surface area (Å²) in [5.74, 6) is 1.22. The zero-order valence-electron chi connectivity index (χ0n) is 7.75. The maximum Gasteiger partial charge on any atom is 0.252 e. The molecule has 13 heavy (non-hydrogen) atoms. The molecule has 70 valence electrons. The first kappa shape index (κ1) is 8.58. The smallest absolute Gasteiger partial charge is 0.252 e. The molecule has 0 aromatic rings. The van der Waals surface area contributed by atoms with Crippen molar-refractivity contribution in [3.8, 4) is 0 Å². The van der Waals surface area contributed by atoms with Gasteiger partial charge in [0, 0.05) is 0 Å². The minimum absolute atomic E-state index is 0.302. The molecule has 2 heteroatoms. The lowest BCUT2D eigenvalue weighted by Crippen LogP contribution is -2.23. The molecule has 2 nitrogen and oxygen atoms in total. The fourth-order valence-electron chi connectivity index (χ4n) is 2.11. The molecule has 0 saturated heterocycles. The molecule has 0 aliphatic heterocycles. The standard InChI is InChI=1S/C11H15NO/c12-11(13)10-6-4-9(5-7-10)8-2-1-3-8/h4,8-9H,1-3,5,7H2,(H2,12,13). The molecule has 1 atom stereocenters. The lowest BCUT2D eigenvalue weighted by molar-refractivity contribution is -0.114. The largest absolute Gasteiger partial charge is 0.365 e. The van der Waals surface area contributed by atoms with Gasteiger partial charge in [0.15, 0.2) is 0 Å². The predicted molar refractivity (Wildman–Crippen MR) is 50.9 cm³/mol. The van der Waals surface area contributed by atoms with Crippen LogP contribution in [0.3, 0.4) is 0 Å². The van der Waals surface area contributed by atoms with Crippen molar-refractivity contribution in [1.82, 2.24) is 0 Å². The first-order valence-electron chi connectivity index (χ1n) is 5.03. The SMILES string of the molecule is NC(=O)C1=C=CC(C2CCC2)CC1. The van der Waals surface area contributed by atoms with E-state index in [0.717, 1.165) is 18.8 Å². The van der Waals surface area contributed by atoms with Gasteiger partial charge in [-0.2, -0.15) is 0 Å². The lowest BCUT2D eigenvalue weighted by atomic mass is 9.72. The highest BCUT2D eigenvalue weighted by atomic mass is 16.1. The molecule has 0 aromatic carbocycles. The molecule has 2 aliphatic rings. The molecule has 2 aliphatic carbocycles. The second kappa shape index (κ2) is 3.39. The minimum atomic E-state index is -0.302. The van der Waals surface area contributed by atoms with Gasteiger partial charge in [-0.25, -0.2) is 0 Å². The highest BCUT2D eigenvalue weighted by Crippen LogP contribution is 2.38. The predicted octanol–water partition coefficient (Wildman–Crippen LogP) is 1.76. The number of carbonyl (C=O) groups excluding carboxylic acids is 1. The summed E-state index contributed by atoms with van der Waals surface area (Å²) in [4.78, 5) is 10.8. The van der Waals surface area contributed by atoms with E-state index >= 15 is 0 Å². The number of rotatable bonds is 2. The van der Waals surface area contributed by atoms with Crippen LogP contribution in [0, 0.1) is 11.8 Å². The average Bonchev–Trinajstić information content (AvgIpc) is 2.02. The van der Waals surface area contributed by atoms with Crippen LogP contribution in [0.25, 0.3) is 0 Å². The molecule has 0 radical (unpaired) electrons. The Morgan fingerprint density at radius 1 is 1.46 bits per heavy atom. The molecular formula is C11H15NO. The Balaban J connectivity index is 2.05. The first-order valence-corrected chi connectivity index (χ1v) is 5.03. The molecule has 2 N–H and O–H groups in total. The third-order valence-corrected chi connectivity index (χ3v) is 3.25. The van der Waals surface area contributed by atoms with Crippen molar-refractivity contribution in [2.24, 2.45) is 17.6 Å². The van der Waals surface area contributed by atoms with Crippen LogP contribution in [0.2, 0.25) is 0 Å². The molecule has 2 rings (SSSR count). The van der Waals surface area contributed by atoms with Crippen molar-refractivity contribution in [2.45, 2.75) is 32.1 Å². The Morgan fingerprint density at radius 3 is 2.62 bits per heavy atom. The maximum atomic E-state index is 10.8. The number of hydrogen-bond donors (Lipinski definition) is 1. The zero-order valence-corrected chi connectivity index (χ0v) is 7.75. The van der Waals surface area contributed by atoms with Gasteiger partial charge < -0.3 is 5.73 Å². The van der Waals surface area contributed by atoms with Gasteiger partial charge in [-0.1, -0.05) is 6.42 Å². The van der Waals surface area contributed by atoms with Crippen LogP contribution in [-0.2, 0) is 4.79 Å². The van der Waals surface area contributed by atoms with E-state index in [0.29, 0.717) is 11.5 Å². The van der Waals surface area contributed by atoms with Crippen LogP contribution in [0.1, 0.15) is 32.1 Å². The highest BCUT2D eigenvalue weighted by molar-refractivity contribution is 5.91. The van der Waals surface area contributed by atoms with Crippen molar-refractivity contribution in [3.63, 3.8) is 0 Å². The van der Waals surface area contributed by atoms with Gasteiger partial charge in [-0.15, -0.1) is 5.73 Å². The quantitative estimate of drug-likeness (QED) is 0.642. The molecule has 1 fully saturated rings. The van der Waals surface area contributed by atoms with Gasteiger partial charge in [0.05, 0.1) is 5.57 Å². The third-order valence-electron chi connectivity index (χ3n) is 3.25. The van der Waals surface area contributed by atoms with Gasteiger partial charge in [0.2, 0.25) is 0 Å². The van der Waals surface area contributed by atoms with E-state index in [-0.39, 0.29) is 5.91 Å². The first-order chi connectivity index (χ1) is 6.27. The summed E-state index contributed by atoms with van der Waals surface area (Å²) in [6, 6.07) is 0. The topological polar surface area (TPSA) is 43.1 Å². The van der Waals surface area contributed by atoms with Gasteiger partial charge in [-0.3, -0.25) is 4.79 Å². The summed E-state index contributed by atoms with van der Waals surface area (Å²) in [5.41, 5.74) is 8.89. The Hall–Kier alpha value is -1.01. The summed E-state index contributed by atoms with van der Waals surface area (Å²) < 4.78 is 0. The fourth-order valence-corrected chi connectivity index (χ4v) is 2.11. The molecule has 0 aromatic heterocycles. The number of nitrogens with two attached hydrogens (primary N) is 1. The van der Waals surface area contributed by atoms with Crippen LogP contribution < -0.4 is 5.73 Å². The van der Waals surface area contributed by atoms with E-state index in [1.54, 1.807) is 0 Å². The van der Waals surface area contributed by atoms with Crippen molar-refractivity contribution in [1.29, 1.82) is 0 Å². The van der Waals surface area contributed by atoms with Crippen molar-refractivity contribution < 1.29 is 4.79 Å². The van der Waals surface area contributed by atoms with Crippen LogP contribution >= 0.6 is 0 Å². The highest BCUT2D eigenvalue weighted by Gasteiger charge is 2.27. The Bertz CT molecular complexity index is 282. The normalized spacial score (nSPS) is 28.0. The summed E-state index contributed by atoms with van der Waals surface area (Å²) >= 11 is 0.